The molecule has 22 heavy (non-hydrogen) atoms. The van der Waals surface area contributed by atoms with Crippen LogP contribution in [-0.2, 0) is 0 Å². The van der Waals surface area contributed by atoms with Gasteiger partial charge in [-0.1, -0.05) is 30.3 Å². The van der Waals surface area contributed by atoms with Gasteiger partial charge in [-0.15, -0.1) is 0 Å². The van der Waals surface area contributed by atoms with Gasteiger partial charge < -0.3 is 22.0 Å². The van der Waals surface area contributed by atoms with E-state index in [1.165, 1.54) is 0 Å². The van der Waals surface area contributed by atoms with E-state index < -0.39 is 0 Å². The predicted octanol–water partition coefficient (Wildman–Crippen LogP) is 0.146. The molecule has 2 aromatic carbocycles. The molecule has 5 rings (SSSR count). The lowest BCUT2D eigenvalue weighted by atomic mass is 10.1. The van der Waals surface area contributed by atoms with Crippen LogP contribution < -0.4 is 21.5 Å². The Bertz CT molecular complexity index is 1070. The fourth-order valence-electron chi connectivity index (χ4n) is 3.29. The molecule has 1 aliphatic rings. The molecule has 0 bridgehead atoms. The number of ketones is 1. The minimum atomic E-state index is 0. The molecule has 0 unspecified atom stereocenters. The summed E-state index contributed by atoms with van der Waals surface area (Å²) in [6, 6.07) is 18.0. The highest BCUT2D eigenvalue weighted by atomic mass is 79.9. The van der Waals surface area contributed by atoms with Crippen molar-refractivity contribution in [2.24, 2.45) is 0 Å². The van der Waals surface area contributed by atoms with Gasteiger partial charge in [0.2, 0.25) is 5.69 Å². The molecular formula is C18H11BrN2O. The van der Waals surface area contributed by atoms with Crippen LogP contribution in [0.3, 0.4) is 0 Å². The quantitative estimate of drug-likeness (QED) is 0.396. The highest BCUT2D eigenvalue weighted by Crippen LogP contribution is 2.30. The molecule has 1 aliphatic heterocycles. The summed E-state index contributed by atoms with van der Waals surface area (Å²) in [4.78, 5) is 16.1. The van der Waals surface area contributed by atoms with E-state index in [1.807, 2.05) is 53.2 Å². The number of benzene rings is 2. The number of hydrogen-bond acceptors (Lipinski definition) is 1. The van der Waals surface area contributed by atoms with Crippen LogP contribution in [0.1, 0.15) is 16.1 Å². The number of carbonyl (C=O) groups excluding carboxylic acids is 1. The lowest BCUT2D eigenvalue weighted by Crippen LogP contribution is -3.00. The van der Waals surface area contributed by atoms with Gasteiger partial charge in [0.15, 0.2) is 6.20 Å². The fourth-order valence-corrected chi connectivity index (χ4v) is 3.29. The summed E-state index contributed by atoms with van der Waals surface area (Å²) in [5.41, 5.74) is 4.43. The van der Waals surface area contributed by atoms with Crippen molar-refractivity contribution in [2.45, 2.75) is 0 Å². The number of nitrogens with one attached hydrogen (secondary N) is 1. The predicted molar refractivity (Wildman–Crippen MR) is 80.8 cm³/mol. The first-order valence-corrected chi connectivity index (χ1v) is 6.94. The highest BCUT2D eigenvalue weighted by molar-refractivity contribution is 6.20. The zero-order valence-electron chi connectivity index (χ0n) is 11.5. The number of para-hydroxylation sites is 2. The Morgan fingerprint density at radius 1 is 0.864 bits per heavy atom. The average molecular weight is 351 g/mol. The van der Waals surface area contributed by atoms with Crippen molar-refractivity contribution < 1.29 is 26.3 Å². The lowest BCUT2D eigenvalue weighted by Gasteiger charge is -1.94. The molecule has 2 aromatic heterocycles. The number of aromatic amines is 1. The van der Waals surface area contributed by atoms with E-state index in [4.69, 9.17) is 0 Å². The zero-order valence-corrected chi connectivity index (χ0v) is 13.1. The first kappa shape index (κ1) is 13.2. The Morgan fingerprint density at radius 3 is 2.55 bits per heavy atom. The van der Waals surface area contributed by atoms with E-state index in [9.17, 15) is 4.79 Å². The van der Waals surface area contributed by atoms with Gasteiger partial charge >= 0.3 is 0 Å². The summed E-state index contributed by atoms with van der Waals surface area (Å²) < 4.78 is 1.98. The molecule has 4 heteroatoms. The van der Waals surface area contributed by atoms with Crippen molar-refractivity contribution in [3.05, 3.63) is 72.1 Å². The van der Waals surface area contributed by atoms with E-state index in [0.717, 1.165) is 38.8 Å². The van der Waals surface area contributed by atoms with Gasteiger partial charge in [-0.2, -0.15) is 4.57 Å². The SMILES string of the molecule is O=C1c2ccccc2-[n+]2ccc3c([nH]c4ccccc43)c21.[Br-]. The van der Waals surface area contributed by atoms with Crippen LogP contribution >= 0.6 is 0 Å². The maximum atomic E-state index is 12.7. The number of hydrogen-bond donors (Lipinski definition) is 1. The van der Waals surface area contributed by atoms with Crippen LogP contribution in [0.5, 0.6) is 0 Å². The molecule has 0 radical (unpaired) electrons. The standard InChI is InChI=1S/C18H10N2O.BrH/c21-18-13-6-2-4-8-15(13)20-10-9-12-11-5-1-3-7-14(11)19-16(12)17(18)20;/h1-10H;1H. The third-order valence-electron chi connectivity index (χ3n) is 4.24. The largest absolute Gasteiger partial charge is 1.00 e. The van der Waals surface area contributed by atoms with E-state index in [2.05, 4.69) is 17.1 Å². The Labute approximate surface area is 137 Å². The monoisotopic (exact) mass is 350 g/mol. The number of halogens is 1. The van der Waals surface area contributed by atoms with Crippen molar-refractivity contribution in [3.8, 4) is 5.69 Å². The molecule has 3 nitrogen and oxygen atoms in total. The molecule has 0 amide bonds. The van der Waals surface area contributed by atoms with Gasteiger partial charge in [-0.05, 0) is 12.1 Å². The van der Waals surface area contributed by atoms with Gasteiger partial charge in [0, 0.05) is 28.4 Å². The van der Waals surface area contributed by atoms with Gasteiger partial charge in [0.05, 0.1) is 0 Å². The van der Waals surface area contributed by atoms with Crippen LogP contribution in [0.2, 0.25) is 0 Å². The summed E-state index contributed by atoms with van der Waals surface area (Å²) >= 11 is 0. The van der Waals surface area contributed by atoms with Crippen LogP contribution in [0.15, 0.2) is 60.8 Å². The fraction of sp³-hybridized carbons (Fsp3) is 0. The van der Waals surface area contributed by atoms with Gasteiger partial charge in [-0.25, -0.2) is 0 Å². The third kappa shape index (κ3) is 1.50. The molecule has 3 heterocycles. The van der Waals surface area contributed by atoms with E-state index in [-0.39, 0.29) is 22.8 Å². The van der Waals surface area contributed by atoms with E-state index >= 15 is 0 Å². The second kappa shape index (κ2) is 4.52. The first-order chi connectivity index (χ1) is 10.3. The maximum absolute atomic E-state index is 12.7. The maximum Gasteiger partial charge on any atom is 0.284 e. The number of nitrogens with zero attached hydrogens (tertiary/aromatic N) is 1. The Morgan fingerprint density at radius 2 is 1.64 bits per heavy atom. The first-order valence-electron chi connectivity index (χ1n) is 6.94. The Kier molecular flexibility index (Phi) is 2.71. The Hall–Kier alpha value is -2.46. The van der Waals surface area contributed by atoms with Crippen molar-refractivity contribution in [1.82, 2.24) is 4.98 Å². The minimum absolute atomic E-state index is 0. The second-order valence-electron chi connectivity index (χ2n) is 5.34. The van der Waals surface area contributed by atoms with Gasteiger partial charge in [-0.3, -0.25) is 4.79 Å². The van der Waals surface area contributed by atoms with E-state index in [1.54, 1.807) is 0 Å². The topological polar surface area (TPSA) is 36.7 Å². The van der Waals surface area contributed by atoms with Crippen molar-refractivity contribution >= 4 is 27.6 Å². The Balaban J connectivity index is 0.00000125. The zero-order chi connectivity index (χ0) is 14.0. The van der Waals surface area contributed by atoms with Crippen molar-refractivity contribution in [1.29, 1.82) is 0 Å². The molecular weight excluding hydrogens is 340 g/mol. The number of pyridine rings is 1. The normalized spacial score (nSPS) is 12.3. The van der Waals surface area contributed by atoms with E-state index in [0.29, 0.717) is 0 Å². The average Bonchev–Trinajstić information content (AvgIpc) is 3.04. The molecule has 0 fully saturated rings. The van der Waals surface area contributed by atoms with Crippen LogP contribution in [-0.4, -0.2) is 10.8 Å². The highest BCUT2D eigenvalue weighted by Gasteiger charge is 2.37. The van der Waals surface area contributed by atoms with Crippen molar-refractivity contribution in [2.75, 3.05) is 0 Å². The number of fused-ring (bicyclic) bond motifs is 7. The number of H-pyrrole nitrogens is 1. The lowest BCUT2D eigenvalue weighted by molar-refractivity contribution is -0.592. The molecule has 1 N–H and O–H groups in total. The second-order valence-corrected chi connectivity index (χ2v) is 5.34. The summed E-state index contributed by atoms with van der Waals surface area (Å²) in [6.45, 7) is 0. The summed E-state index contributed by atoms with van der Waals surface area (Å²) in [7, 11) is 0. The molecule has 0 aliphatic carbocycles. The number of aromatic nitrogens is 2. The van der Waals surface area contributed by atoms with Crippen LogP contribution in [0.4, 0.5) is 0 Å². The number of carbonyl (C=O) groups is 1. The summed E-state index contributed by atoms with van der Waals surface area (Å²) in [5, 5.41) is 2.25. The molecule has 0 atom stereocenters. The smallest absolute Gasteiger partial charge is 0.284 e. The molecule has 0 saturated carbocycles. The molecule has 4 aromatic rings. The van der Waals surface area contributed by atoms with Gasteiger partial charge in [0.1, 0.15) is 11.1 Å². The molecule has 106 valence electrons. The summed E-state index contributed by atoms with van der Waals surface area (Å²) in [6.07, 6.45) is 1.99. The van der Waals surface area contributed by atoms with Crippen LogP contribution in [0, 0.1) is 0 Å². The molecule has 0 saturated heterocycles. The summed E-state index contributed by atoms with van der Waals surface area (Å²) in [5.74, 6) is 0.0859. The number of rotatable bonds is 0. The van der Waals surface area contributed by atoms with Crippen LogP contribution in [0.25, 0.3) is 27.5 Å². The van der Waals surface area contributed by atoms with Crippen molar-refractivity contribution in [3.63, 3.8) is 0 Å². The third-order valence-corrected chi connectivity index (χ3v) is 4.24. The minimum Gasteiger partial charge on any atom is -1.00 e. The molecule has 0 spiro atoms. The van der Waals surface area contributed by atoms with Gasteiger partial charge in [0.25, 0.3) is 11.5 Å².